The van der Waals surface area contributed by atoms with Gasteiger partial charge in [0.2, 0.25) is 0 Å². The number of carbonyl (C=O) groups is 1. The molecule has 6 heteroatoms. The minimum absolute atomic E-state index is 0.356. The lowest BCUT2D eigenvalue weighted by molar-refractivity contribution is 0.0535. The average Bonchev–Trinajstić information content (AvgIpc) is 2.78. The number of para-hydroxylation sites is 2. The topological polar surface area (TPSA) is 67.6 Å². The fraction of sp³-hybridized carbons (Fsp3) is 0.333. The van der Waals surface area contributed by atoms with Crippen LogP contribution in [0.1, 0.15) is 19.8 Å². The summed E-state index contributed by atoms with van der Waals surface area (Å²) >= 11 is 0. The van der Waals surface area contributed by atoms with Crippen molar-refractivity contribution in [2.45, 2.75) is 19.8 Å². The molecule has 0 fully saturated rings. The highest BCUT2D eigenvalue weighted by molar-refractivity contribution is 5.80. The molecule has 2 rings (SSSR count). The first-order valence-corrected chi connectivity index (χ1v) is 5.82. The number of imidazole rings is 1. The van der Waals surface area contributed by atoms with Crippen molar-refractivity contribution in [3.63, 3.8) is 0 Å². The smallest absolute Gasteiger partial charge is 0.452 e. The molecule has 0 aliphatic heterocycles. The number of benzene rings is 1. The number of fused-ring (bicyclic) bond motifs is 1. The molecule has 0 bridgehead atoms. The second-order valence-corrected chi connectivity index (χ2v) is 3.82. The third-order valence-corrected chi connectivity index (χ3v) is 2.51. The number of nitrogens with zero attached hydrogens (tertiary/aromatic N) is 3. The number of hydroxylamine groups is 1. The zero-order chi connectivity index (χ0) is 13.0. The van der Waals surface area contributed by atoms with Crippen LogP contribution in [0.3, 0.4) is 0 Å². The molecule has 1 aromatic heterocycles. The quantitative estimate of drug-likeness (QED) is 0.652. The summed E-state index contributed by atoms with van der Waals surface area (Å²) in [6, 6.07) is 7.29. The number of hydrogen-bond donors (Lipinski definition) is 1. The third kappa shape index (κ3) is 2.43. The van der Waals surface area contributed by atoms with Crippen molar-refractivity contribution in [3.05, 3.63) is 30.6 Å². The second-order valence-electron chi connectivity index (χ2n) is 3.82. The molecular weight excluding hydrogens is 234 g/mol. The maximum absolute atomic E-state index is 11.2. The minimum atomic E-state index is -1.17. The number of unbranched alkanes of at least 4 members (excludes halogenated alkanes) is 1. The van der Waals surface area contributed by atoms with Crippen molar-refractivity contribution < 1.29 is 14.7 Å². The highest BCUT2D eigenvalue weighted by Gasteiger charge is 2.17. The molecule has 1 N–H and O–H groups in total. The molecule has 0 atom stereocenters. The van der Waals surface area contributed by atoms with Crippen molar-refractivity contribution in [1.29, 1.82) is 0 Å². The number of amides is 1. The first kappa shape index (κ1) is 12.4. The summed E-state index contributed by atoms with van der Waals surface area (Å²) in [5, 5.41) is 9.97. The number of rotatable bonds is 5. The van der Waals surface area contributed by atoms with Gasteiger partial charge in [-0.3, -0.25) is 0 Å². The Bertz CT molecular complexity index is 538. The Morgan fingerprint density at radius 2 is 2.28 bits per heavy atom. The van der Waals surface area contributed by atoms with Crippen LogP contribution in [-0.4, -0.2) is 27.5 Å². The van der Waals surface area contributed by atoms with Crippen LogP contribution in [0.5, 0.6) is 0 Å². The van der Waals surface area contributed by atoms with Crippen molar-refractivity contribution >= 4 is 17.1 Å². The van der Waals surface area contributed by atoms with E-state index in [1.54, 1.807) is 6.07 Å². The molecule has 0 saturated carbocycles. The maximum atomic E-state index is 11.2. The predicted molar refractivity (Wildman–Crippen MR) is 66.8 cm³/mol. The lowest BCUT2D eigenvalue weighted by atomic mass is 10.3. The summed E-state index contributed by atoms with van der Waals surface area (Å²) in [6.07, 6.45) is 2.01. The third-order valence-electron chi connectivity index (χ3n) is 2.51. The van der Waals surface area contributed by atoms with Gasteiger partial charge >= 0.3 is 6.09 Å². The summed E-state index contributed by atoms with van der Waals surface area (Å²) in [5.41, 5.74) is 1.42. The number of hydrogen-bond acceptors (Lipinski definition) is 3. The fourth-order valence-electron chi connectivity index (χ4n) is 1.60. The maximum Gasteiger partial charge on any atom is 0.452 e. The van der Waals surface area contributed by atoms with Crippen molar-refractivity contribution in [1.82, 2.24) is 9.66 Å². The number of carboxylic acid groups (broad SMARTS) is 1. The summed E-state index contributed by atoms with van der Waals surface area (Å²) in [5.74, 6) is 0. The van der Waals surface area contributed by atoms with E-state index in [4.69, 9.17) is 9.94 Å². The monoisotopic (exact) mass is 249 g/mol. The zero-order valence-corrected chi connectivity index (χ0v) is 10.1. The second kappa shape index (κ2) is 5.50. The van der Waals surface area contributed by atoms with Gasteiger partial charge in [0.1, 0.15) is 6.33 Å². The van der Waals surface area contributed by atoms with Crippen LogP contribution in [0.15, 0.2) is 30.6 Å². The molecule has 0 unspecified atom stereocenters. The molecule has 2 aromatic rings. The van der Waals surface area contributed by atoms with Crippen molar-refractivity contribution in [3.8, 4) is 0 Å². The molecule has 1 amide bonds. The van der Waals surface area contributed by atoms with Gasteiger partial charge in [-0.1, -0.05) is 30.6 Å². The van der Waals surface area contributed by atoms with E-state index in [9.17, 15) is 4.79 Å². The summed E-state index contributed by atoms with van der Waals surface area (Å²) in [4.78, 5) is 20.6. The molecular formula is C12H15N3O3. The van der Waals surface area contributed by atoms with Gasteiger partial charge in [0.15, 0.2) is 0 Å². The van der Waals surface area contributed by atoms with E-state index in [-0.39, 0.29) is 0 Å². The molecule has 0 radical (unpaired) electrons. The number of aromatic nitrogens is 2. The highest BCUT2D eigenvalue weighted by atomic mass is 16.7. The van der Waals surface area contributed by atoms with E-state index in [0.717, 1.165) is 23.5 Å². The fourth-order valence-corrected chi connectivity index (χ4v) is 1.60. The lowest BCUT2D eigenvalue weighted by Crippen LogP contribution is -2.39. The van der Waals surface area contributed by atoms with Crippen molar-refractivity contribution in [2.24, 2.45) is 0 Å². The molecule has 0 spiro atoms. The summed E-state index contributed by atoms with van der Waals surface area (Å²) in [6.45, 7) is 2.37. The van der Waals surface area contributed by atoms with Crippen molar-refractivity contribution in [2.75, 3.05) is 11.8 Å². The molecule has 6 nitrogen and oxygen atoms in total. The SMILES string of the molecule is CCCCON(C(=O)O)n1cnc2ccccc21. The van der Waals surface area contributed by atoms with Gasteiger partial charge in [0.25, 0.3) is 0 Å². The Morgan fingerprint density at radius 3 is 3.00 bits per heavy atom. The summed E-state index contributed by atoms with van der Waals surface area (Å²) < 4.78 is 1.38. The predicted octanol–water partition coefficient (Wildman–Crippen LogP) is 2.38. The van der Waals surface area contributed by atoms with Crippen LogP contribution in [0.25, 0.3) is 11.0 Å². The van der Waals surface area contributed by atoms with Crippen LogP contribution in [0.2, 0.25) is 0 Å². The van der Waals surface area contributed by atoms with Crippen LogP contribution in [0.4, 0.5) is 4.79 Å². The van der Waals surface area contributed by atoms with Gasteiger partial charge in [0.05, 0.1) is 17.6 Å². The van der Waals surface area contributed by atoms with E-state index in [0.29, 0.717) is 12.1 Å². The Morgan fingerprint density at radius 1 is 1.50 bits per heavy atom. The first-order chi connectivity index (χ1) is 8.74. The standard InChI is InChI=1S/C12H15N3O3/c1-2-3-8-18-15(12(16)17)14-9-13-10-6-4-5-7-11(10)14/h4-7,9H,2-3,8H2,1H3,(H,16,17). The normalized spacial score (nSPS) is 10.7. The Balaban J connectivity index is 2.27. The van der Waals surface area contributed by atoms with Gasteiger partial charge in [-0.25, -0.2) is 19.3 Å². The Labute approximate surface area is 104 Å². The Hall–Kier alpha value is -2.08. The Kier molecular flexibility index (Phi) is 3.78. The lowest BCUT2D eigenvalue weighted by Gasteiger charge is -2.19. The molecule has 1 heterocycles. The molecule has 0 aliphatic carbocycles. The molecule has 18 heavy (non-hydrogen) atoms. The van der Waals surface area contributed by atoms with E-state index in [1.165, 1.54) is 11.0 Å². The summed E-state index contributed by atoms with van der Waals surface area (Å²) in [7, 11) is 0. The molecule has 0 saturated heterocycles. The molecule has 1 aromatic carbocycles. The minimum Gasteiger partial charge on any atom is -0.462 e. The molecule has 96 valence electrons. The van der Waals surface area contributed by atoms with E-state index in [2.05, 4.69) is 4.98 Å². The van der Waals surface area contributed by atoms with E-state index >= 15 is 0 Å². The van der Waals surface area contributed by atoms with Crippen LogP contribution >= 0.6 is 0 Å². The van der Waals surface area contributed by atoms with Crippen LogP contribution in [-0.2, 0) is 4.84 Å². The zero-order valence-electron chi connectivity index (χ0n) is 10.1. The van der Waals surface area contributed by atoms with Gasteiger partial charge < -0.3 is 5.11 Å². The largest absolute Gasteiger partial charge is 0.462 e. The first-order valence-electron chi connectivity index (χ1n) is 5.82. The van der Waals surface area contributed by atoms with Gasteiger partial charge in [-0.05, 0) is 18.6 Å². The average molecular weight is 249 g/mol. The van der Waals surface area contributed by atoms with Crippen LogP contribution < -0.4 is 5.17 Å². The van der Waals surface area contributed by atoms with Gasteiger partial charge in [-0.15, -0.1) is 0 Å². The van der Waals surface area contributed by atoms with E-state index < -0.39 is 6.09 Å². The molecule has 0 aliphatic rings. The van der Waals surface area contributed by atoms with Gasteiger partial charge in [-0.2, -0.15) is 0 Å². The van der Waals surface area contributed by atoms with Crippen LogP contribution in [0, 0.1) is 0 Å². The van der Waals surface area contributed by atoms with E-state index in [1.807, 2.05) is 25.1 Å². The van der Waals surface area contributed by atoms with Gasteiger partial charge in [0, 0.05) is 0 Å². The highest BCUT2D eigenvalue weighted by Crippen LogP contribution is 2.12.